The van der Waals surface area contributed by atoms with Crippen molar-refractivity contribution >= 4 is 23.5 Å². The zero-order valence-corrected chi connectivity index (χ0v) is 23.6. The third-order valence-electron chi connectivity index (χ3n) is 5.52. The highest BCUT2D eigenvalue weighted by Gasteiger charge is 2.36. The molecule has 2 aromatic carbocycles. The van der Waals surface area contributed by atoms with Crippen LogP contribution in [0.3, 0.4) is 0 Å². The summed E-state index contributed by atoms with van der Waals surface area (Å²) >= 11 is 0. The SMILES string of the molecule is CCOC(=O)/C(C(=O)c1cc(OC)c(OC)c(OC)c1)=C(/C(=O)OCC)C(=O)c1cc(OC)c(OC)c(OC)c1. The van der Waals surface area contributed by atoms with Gasteiger partial charge < -0.3 is 37.9 Å². The van der Waals surface area contributed by atoms with Crippen LogP contribution >= 0.6 is 0 Å². The Bertz CT molecular complexity index is 1160. The molecule has 12 nitrogen and oxygen atoms in total. The molecule has 40 heavy (non-hydrogen) atoms. The van der Waals surface area contributed by atoms with E-state index in [-0.39, 0.29) is 58.8 Å². The van der Waals surface area contributed by atoms with E-state index in [1.54, 1.807) is 0 Å². The molecular formula is C28H32O12. The number of hydrogen-bond donors (Lipinski definition) is 0. The Labute approximate surface area is 231 Å². The van der Waals surface area contributed by atoms with Crippen molar-refractivity contribution in [2.75, 3.05) is 55.9 Å². The Morgan fingerprint density at radius 2 is 0.775 bits per heavy atom. The minimum Gasteiger partial charge on any atom is -0.493 e. The van der Waals surface area contributed by atoms with E-state index in [0.29, 0.717) is 0 Å². The lowest BCUT2D eigenvalue weighted by atomic mass is 9.92. The van der Waals surface area contributed by atoms with Crippen LogP contribution in [0, 0.1) is 0 Å². The lowest BCUT2D eigenvalue weighted by molar-refractivity contribution is -0.141. The van der Waals surface area contributed by atoms with E-state index >= 15 is 0 Å². The first kappa shape index (κ1) is 31.5. The van der Waals surface area contributed by atoms with Crippen molar-refractivity contribution in [1.82, 2.24) is 0 Å². The van der Waals surface area contributed by atoms with Crippen molar-refractivity contribution in [3.63, 3.8) is 0 Å². The Morgan fingerprint density at radius 1 is 0.500 bits per heavy atom. The van der Waals surface area contributed by atoms with E-state index in [2.05, 4.69) is 0 Å². The van der Waals surface area contributed by atoms with Crippen molar-refractivity contribution in [2.45, 2.75) is 13.8 Å². The molecule has 0 atom stereocenters. The van der Waals surface area contributed by atoms with Gasteiger partial charge in [-0.1, -0.05) is 0 Å². The number of rotatable bonds is 14. The second-order valence-corrected chi connectivity index (χ2v) is 7.68. The molecule has 0 aromatic heterocycles. The summed E-state index contributed by atoms with van der Waals surface area (Å²) in [5.41, 5.74) is -2.02. The summed E-state index contributed by atoms with van der Waals surface area (Å²) in [6, 6.07) is 5.09. The standard InChI is InChI=1S/C28H32O12/c1-9-39-27(31)21(23(29)15-11-17(33-3)25(37-7)18(12-15)34-4)22(28(32)40-10-2)24(30)16-13-19(35-5)26(38-8)20(14-16)36-6/h11-14H,9-10H2,1-8H3/b22-21+. The van der Waals surface area contributed by atoms with Crippen molar-refractivity contribution < 1.29 is 57.1 Å². The van der Waals surface area contributed by atoms with Crippen LogP contribution in [0.15, 0.2) is 35.4 Å². The number of carbonyl (C=O) groups is 4. The van der Waals surface area contributed by atoms with Gasteiger partial charge in [-0.25, -0.2) is 9.59 Å². The highest BCUT2D eigenvalue weighted by molar-refractivity contribution is 6.36. The van der Waals surface area contributed by atoms with Crippen molar-refractivity contribution in [1.29, 1.82) is 0 Å². The molecule has 216 valence electrons. The molecule has 0 radical (unpaired) electrons. The number of ether oxygens (including phenoxy) is 8. The van der Waals surface area contributed by atoms with Crippen LogP contribution in [0.2, 0.25) is 0 Å². The number of ketones is 2. The summed E-state index contributed by atoms with van der Waals surface area (Å²) < 4.78 is 42.0. The number of hydrogen-bond acceptors (Lipinski definition) is 12. The fourth-order valence-electron chi connectivity index (χ4n) is 3.74. The number of carbonyl (C=O) groups excluding carboxylic acids is 4. The van der Waals surface area contributed by atoms with E-state index in [1.807, 2.05) is 0 Å². The van der Waals surface area contributed by atoms with Crippen LogP contribution in [0.25, 0.3) is 0 Å². The first-order chi connectivity index (χ1) is 19.2. The van der Waals surface area contributed by atoms with Gasteiger partial charge in [-0.05, 0) is 38.1 Å². The van der Waals surface area contributed by atoms with Crippen LogP contribution in [0.1, 0.15) is 34.6 Å². The van der Waals surface area contributed by atoms with Crippen LogP contribution < -0.4 is 28.4 Å². The minimum atomic E-state index is -1.22. The van der Waals surface area contributed by atoms with E-state index in [0.717, 1.165) is 0 Å². The van der Waals surface area contributed by atoms with Gasteiger partial charge in [-0.2, -0.15) is 0 Å². The average Bonchev–Trinajstić information content (AvgIpc) is 2.97. The molecule has 0 spiro atoms. The van der Waals surface area contributed by atoms with Gasteiger partial charge in [0, 0.05) is 11.1 Å². The smallest absolute Gasteiger partial charge is 0.343 e. The molecule has 0 saturated heterocycles. The van der Waals surface area contributed by atoms with Crippen LogP contribution in [0.5, 0.6) is 34.5 Å². The predicted octanol–water partition coefficient (Wildman–Crippen LogP) is 3.23. The molecule has 2 aromatic rings. The van der Waals surface area contributed by atoms with Gasteiger partial charge in [0.25, 0.3) is 0 Å². The first-order valence-electron chi connectivity index (χ1n) is 11.9. The molecular weight excluding hydrogens is 528 g/mol. The zero-order chi connectivity index (χ0) is 30.0. The zero-order valence-electron chi connectivity index (χ0n) is 23.6. The number of methoxy groups -OCH3 is 6. The lowest BCUT2D eigenvalue weighted by Crippen LogP contribution is -2.27. The fraction of sp³-hybridized carbons (Fsp3) is 0.357. The van der Waals surface area contributed by atoms with Gasteiger partial charge in [0.2, 0.25) is 23.1 Å². The molecule has 0 bridgehead atoms. The van der Waals surface area contributed by atoms with Gasteiger partial charge in [-0.15, -0.1) is 0 Å². The highest BCUT2D eigenvalue weighted by atomic mass is 16.5. The summed E-state index contributed by atoms with van der Waals surface area (Å²) in [5, 5.41) is 0. The maximum absolute atomic E-state index is 13.9. The first-order valence-corrected chi connectivity index (χ1v) is 11.9. The molecule has 0 saturated carbocycles. The molecule has 0 fully saturated rings. The van der Waals surface area contributed by atoms with Crippen molar-refractivity contribution in [3.05, 3.63) is 46.5 Å². The molecule has 0 amide bonds. The fourth-order valence-corrected chi connectivity index (χ4v) is 3.74. The lowest BCUT2D eigenvalue weighted by Gasteiger charge is -2.17. The average molecular weight is 561 g/mol. The highest BCUT2D eigenvalue weighted by Crippen LogP contribution is 2.40. The monoisotopic (exact) mass is 560 g/mol. The molecule has 0 N–H and O–H groups in total. The van der Waals surface area contributed by atoms with Gasteiger partial charge in [-0.3, -0.25) is 9.59 Å². The van der Waals surface area contributed by atoms with Gasteiger partial charge in [0.15, 0.2) is 23.0 Å². The Hall–Kier alpha value is -4.74. The third kappa shape index (κ3) is 6.45. The molecule has 0 aliphatic heterocycles. The topological polar surface area (TPSA) is 142 Å². The second-order valence-electron chi connectivity index (χ2n) is 7.68. The molecule has 0 unspecified atom stereocenters. The van der Waals surface area contributed by atoms with E-state index in [4.69, 9.17) is 37.9 Å². The quantitative estimate of drug-likeness (QED) is 0.110. The summed E-state index contributed by atoms with van der Waals surface area (Å²) in [7, 11) is 8.11. The van der Waals surface area contributed by atoms with Crippen molar-refractivity contribution in [3.8, 4) is 34.5 Å². The normalized spacial score (nSPS) is 11.0. The predicted molar refractivity (Wildman–Crippen MR) is 141 cm³/mol. The largest absolute Gasteiger partial charge is 0.493 e. The van der Waals surface area contributed by atoms with Crippen LogP contribution in [0.4, 0.5) is 0 Å². The van der Waals surface area contributed by atoms with Gasteiger partial charge in [0.05, 0.1) is 55.9 Å². The molecule has 0 aliphatic rings. The van der Waals surface area contributed by atoms with E-state index in [9.17, 15) is 19.2 Å². The Balaban J connectivity index is 2.95. The van der Waals surface area contributed by atoms with Gasteiger partial charge >= 0.3 is 11.9 Å². The molecule has 0 heterocycles. The molecule has 0 aliphatic carbocycles. The molecule has 12 heteroatoms. The third-order valence-corrected chi connectivity index (χ3v) is 5.52. The van der Waals surface area contributed by atoms with E-state index in [1.165, 1.54) is 80.8 Å². The minimum absolute atomic E-state index is 0.0991. The Morgan fingerprint density at radius 3 is 0.975 bits per heavy atom. The maximum atomic E-state index is 13.9. The second kappa shape index (κ2) is 14.4. The number of benzene rings is 2. The summed E-state index contributed by atoms with van der Waals surface area (Å²) in [6.07, 6.45) is 0. The van der Waals surface area contributed by atoms with Gasteiger partial charge in [0.1, 0.15) is 11.1 Å². The maximum Gasteiger partial charge on any atom is 0.343 e. The van der Waals surface area contributed by atoms with E-state index < -0.39 is 34.7 Å². The summed E-state index contributed by atoms with van der Waals surface area (Å²) in [6.45, 7) is 2.70. The van der Waals surface area contributed by atoms with Crippen LogP contribution in [-0.2, 0) is 19.1 Å². The molecule has 2 rings (SSSR count). The van der Waals surface area contributed by atoms with Crippen LogP contribution in [-0.4, -0.2) is 79.4 Å². The number of Topliss-reactive ketones (excluding diaryl/α,β-unsaturated/α-hetero) is 2. The van der Waals surface area contributed by atoms with Crippen molar-refractivity contribution in [2.24, 2.45) is 0 Å². The number of esters is 2. The summed E-state index contributed by atoms with van der Waals surface area (Å²) in [4.78, 5) is 54.2. The summed E-state index contributed by atoms with van der Waals surface area (Å²) in [5.74, 6) is -3.73. The Kier molecular flexibility index (Phi) is 11.4.